The summed E-state index contributed by atoms with van der Waals surface area (Å²) in [7, 11) is -2.28. The van der Waals surface area contributed by atoms with Crippen LogP contribution in [0.25, 0.3) is 0 Å². The molecule has 0 aliphatic rings. The molecule has 0 saturated heterocycles. The van der Waals surface area contributed by atoms with Crippen LogP contribution in [0.2, 0.25) is 5.02 Å². The molecule has 0 spiro atoms. The van der Waals surface area contributed by atoms with Crippen molar-refractivity contribution < 1.29 is 13.2 Å². The van der Waals surface area contributed by atoms with E-state index in [1.54, 1.807) is 43.3 Å². The molecule has 1 N–H and O–H groups in total. The SMILES string of the molecule is COc1ccc(C)cc1S(=O)(=O)N[C@H](C)c1ccccc1Cl. The van der Waals surface area contributed by atoms with Crippen LogP contribution in [0.1, 0.15) is 24.1 Å². The smallest absolute Gasteiger partial charge is 0.244 e. The van der Waals surface area contributed by atoms with Crippen molar-refractivity contribution in [3.05, 3.63) is 58.6 Å². The molecule has 0 bridgehead atoms. The lowest BCUT2D eigenvalue weighted by atomic mass is 10.1. The fraction of sp³-hybridized carbons (Fsp3) is 0.250. The van der Waals surface area contributed by atoms with Crippen LogP contribution in [0.3, 0.4) is 0 Å². The number of halogens is 1. The van der Waals surface area contributed by atoms with Crippen molar-refractivity contribution in [1.82, 2.24) is 4.72 Å². The third-order valence-corrected chi connectivity index (χ3v) is 5.22. The van der Waals surface area contributed by atoms with E-state index in [1.807, 2.05) is 13.0 Å². The lowest BCUT2D eigenvalue weighted by Crippen LogP contribution is -2.27. The number of sulfonamides is 1. The van der Waals surface area contributed by atoms with Gasteiger partial charge in [-0.15, -0.1) is 0 Å². The zero-order chi connectivity index (χ0) is 16.3. The molecule has 0 radical (unpaired) electrons. The van der Waals surface area contributed by atoms with Gasteiger partial charge in [-0.05, 0) is 43.2 Å². The number of nitrogens with one attached hydrogen (secondary N) is 1. The van der Waals surface area contributed by atoms with Crippen LogP contribution in [-0.2, 0) is 10.0 Å². The number of rotatable bonds is 5. The molecule has 1 atom stereocenters. The molecule has 0 aliphatic heterocycles. The Balaban J connectivity index is 2.36. The molecule has 0 aromatic heterocycles. The molecule has 2 rings (SSSR count). The van der Waals surface area contributed by atoms with Crippen molar-refractivity contribution in [3.63, 3.8) is 0 Å². The van der Waals surface area contributed by atoms with Gasteiger partial charge in [-0.25, -0.2) is 13.1 Å². The molecule has 0 amide bonds. The predicted octanol–water partition coefficient (Wildman–Crippen LogP) is 3.70. The summed E-state index contributed by atoms with van der Waals surface area (Å²) >= 11 is 6.12. The van der Waals surface area contributed by atoms with Crippen LogP contribution in [0, 0.1) is 6.92 Å². The van der Waals surface area contributed by atoms with E-state index in [2.05, 4.69) is 4.72 Å². The summed E-state index contributed by atoms with van der Waals surface area (Å²) in [6.45, 7) is 3.58. The Morgan fingerprint density at radius 1 is 1.18 bits per heavy atom. The molecule has 0 fully saturated rings. The summed E-state index contributed by atoms with van der Waals surface area (Å²) in [4.78, 5) is 0.119. The van der Waals surface area contributed by atoms with Crippen LogP contribution >= 0.6 is 11.6 Å². The molecular formula is C16H18ClNO3S. The van der Waals surface area contributed by atoms with E-state index in [4.69, 9.17) is 16.3 Å². The summed E-state index contributed by atoms with van der Waals surface area (Å²) < 4.78 is 33.0. The van der Waals surface area contributed by atoms with Gasteiger partial charge in [0.15, 0.2) is 0 Å². The van der Waals surface area contributed by atoms with Crippen molar-refractivity contribution in [3.8, 4) is 5.75 Å². The standard InChI is InChI=1S/C16H18ClNO3S/c1-11-8-9-15(21-3)16(10-11)22(19,20)18-12(2)13-6-4-5-7-14(13)17/h4-10,12,18H,1-3H3/t12-/m1/s1. The first-order chi connectivity index (χ1) is 10.3. The van der Waals surface area contributed by atoms with Crippen molar-refractivity contribution >= 4 is 21.6 Å². The molecule has 0 unspecified atom stereocenters. The van der Waals surface area contributed by atoms with E-state index in [0.717, 1.165) is 11.1 Å². The number of hydrogen-bond donors (Lipinski definition) is 1. The highest BCUT2D eigenvalue weighted by molar-refractivity contribution is 7.89. The van der Waals surface area contributed by atoms with Crippen molar-refractivity contribution in [1.29, 1.82) is 0 Å². The molecule has 0 heterocycles. The molecular weight excluding hydrogens is 322 g/mol. The molecule has 2 aromatic rings. The van der Waals surface area contributed by atoms with Crippen molar-refractivity contribution in [2.24, 2.45) is 0 Å². The maximum absolute atomic E-state index is 12.6. The van der Waals surface area contributed by atoms with Gasteiger partial charge in [0.2, 0.25) is 10.0 Å². The largest absolute Gasteiger partial charge is 0.495 e. The van der Waals surface area contributed by atoms with Gasteiger partial charge in [-0.1, -0.05) is 35.9 Å². The maximum atomic E-state index is 12.6. The summed E-state index contributed by atoms with van der Waals surface area (Å²) in [6.07, 6.45) is 0. The van der Waals surface area contributed by atoms with E-state index in [9.17, 15) is 8.42 Å². The van der Waals surface area contributed by atoms with Gasteiger partial charge in [0, 0.05) is 11.1 Å². The number of aryl methyl sites for hydroxylation is 1. The molecule has 2 aromatic carbocycles. The lowest BCUT2D eigenvalue weighted by molar-refractivity contribution is 0.402. The Morgan fingerprint density at radius 2 is 1.86 bits per heavy atom. The second-order valence-electron chi connectivity index (χ2n) is 5.02. The third-order valence-electron chi connectivity index (χ3n) is 3.31. The Labute approximate surface area is 136 Å². The first kappa shape index (κ1) is 16.8. The van der Waals surface area contributed by atoms with Gasteiger partial charge >= 0.3 is 0 Å². The summed E-state index contributed by atoms with van der Waals surface area (Å²) in [5.41, 5.74) is 1.56. The maximum Gasteiger partial charge on any atom is 0.244 e. The van der Waals surface area contributed by atoms with Crippen LogP contribution in [0.5, 0.6) is 5.75 Å². The van der Waals surface area contributed by atoms with E-state index in [-0.39, 0.29) is 4.90 Å². The van der Waals surface area contributed by atoms with Crippen LogP contribution in [0.4, 0.5) is 0 Å². The highest BCUT2D eigenvalue weighted by Crippen LogP contribution is 2.28. The Kier molecular flexibility index (Phi) is 5.11. The topological polar surface area (TPSA) is 55.4 Å². The monoisotopic (exact) mass is 339 g/mol. The third kappa shape index (κ3) is 3.61. The molecule has 0 saturated carbocycles. The first-order valence-corrected chi connectivity index (χ1v) is 8.62. The summed E-state index contributed by atoms with van der Waals surface area (Å²) in [5.74, 6) is 0.310. The number of methoxy groups -OCH3 is 1. The average Bonchev–Trinajstić information content (AvgIpc) is 2.47. The van der Waals surface area contributed by atoms with Crippen LogP contribution in [-0.4, -0.2) is 15.5 Å². The van der Waals surface area contributed by atoms with Crippen LogP contribution < -0.4 is 9.46 Å². The molecule has 0 aliphatic carbocycles. The van der Waals surface area contributed by atoms with Gasteiger partial charge in [0.05, 0.1) is 7.11 Å². The minimum atomic E-state index is -3.72. The lowest BCUT2D eigenvalue weighted by Gasteiger charge is -2.17. The van der Waals surface area contributed by atoms with Crippen molar-refractivity contribution in [2.45, 2.75) is 24.8 Å². The minimum Gasteiger partial charge on any atom is -0.495 e. The average molecular weight is 340 g/mol. The van der Waals surface area contributed by atoms with Gasteiger partial charge in [0.1, 0.15) is 10.6 Å². The molecule has 4 nitrogen and oxygen atoms in total. The van der Waals surface area contributed by atoms with E-state index in [1.165, 1.54) is 7.11 Å². The molecule has 118 valence electrons. The minimum absolute atomic E-state index is 0.119. The highest BCUT2D eigenvalue weighted by atomic mass is 35.5. The fourth-order valence-corrected chi connectivity index (χ4v) is 3.96. The number of hydrogen-bond acceptors (Lipinski definition) is 3. The van der Waals surface area contributed by atoms with E-state index in [0.29, 0.717) is 10.8 Å². The predicted molar refractivity (Wildman–Crippen MR) is 87.9 cm³/mol. The number of benzene rings is 2. The Bertz CT molecular complexity index is 775. The van der Waals surface area contributed by atoms with Gasteiger partial charge in [-0.2, -0.15) is 0 Å². The Morgan fingerprint density at radius 3 is 2.50 bits per heavy atom. The van der Waals surface area contributed by atoms with Gasteiger partial charge < -0.3 is 4.74 Å². The zero-order valence-electron chi connectivity index (χ0n) is 12.6. The second kappa shape index (κ2) is 6.69. The van der Waals surface area contributed by atoms with Crippen molar-refractivity contribution in [2.75, 3.05) is 7.11 Å². The zero-order valence-corrected chi connectivity index (χ0v) is 14.2. The highest BCUT2D eigenvalue weighted by Gasteiger charge is 2.23. The molecule has 6 heteroatoms. The summed E-state index contributed by atoms with van der Waals surface area (Å²) in [6, 6.07) is 11.7. The summed E-state index contributed by atoms with van der Waals surface area (Å²) in [5, 5.41) is 0.522. The second-order valence-corrected chi connectivity index (χ2v) is 7.11. The Hall–Kier alpha value is -1.56. The van der Waals surface area contributed by atoms with Gasteiger partial charge in [0.25, 0.3) is 0 Å². The normalized spacial score (nSPS) is 12.9. The van der Waals surface area contributed by atoms with E-state index < -0.39 is 16.1 Å². The molecule has 22 heavy (non-hydrogen) atoms. The van der Waals surface area contributed by atoms with Gasteiger partial charge in [-0.3, -0.25) is 0 Å². The first-order valence-electron chi connectivity index (χ1n) is 6.76. The van der Waals surface area contributed by atoms with E-state index >= 15 is 0 Å². The quantitative estimate of drug-likeness (QED) is 0.903. The number of ether oxygens (including phenoxy) is 1. The fourth-order valence-electron chi connectivity index (χ4n) is 2.18. The van der Waals surface area contributed by atoms with Crippen LogP contribution in [0.15, 0.2) is 47.4 Å².